The molecule has 0 saturated heterocycles. The lowest BCUT2D eigenvalue weighted by Gasteiger charge is -2.16. The van der Waals surface area contributed by atoms with Gasteiger partial charge in [0.05, 0.1) is 4.90 Å². The minimum absolute atomic E-state index is 0.334. The number of nitrogens with two attached hydrogens (primary N) is 1. The third kappa shape index (κ3) is 2.36. The molecule has 1 aliphatic rings. The first kappa shape index (κ1) is 12.5. The van der Waals surface area contributed by atoms with E-state index in [2.05, 4.69) is 0 Å². The fraction of sp³-hybridized carbons (Fsp3) is 0.500. The van der Waals surface area contributed by atoms with Crippen molar-refractivity contribution < 1.29 is 8.42 Å². The van der Waals surface area contributed by atoms with E-state index in [0.29, 0.717) is 18.0 Å². The van der Waals surface area contributed by atoms with Crippen molar-refractivity contribution in [2.45, 2.75) is 24.2 Å². The number of nitrogens with zero attached hydrogens (tertiary/aromatic N) is 1. The molecule has 1 aliphatic carbocycles. The number of hydrogen-bond acceptors (Lipinski definition) is 3. The van der Waals surface area contributed by atoms with Gasteiger partial charge in [-0.15, -0.1) is 0 Å². The summed E-state index contributed by atoms with van der Waals surface area (Å²) < 4.78 is 25.7. The van der Waals surface area contributed by atoms with Gasteiger partial charge in [-0.25, -0.2) is 8.42 Å². The molecule has 0 heterocycles. The van der Waals surface area contributed by atoms with Crippen LogP contribution in [-0.2, 0) is 22.9 Å². The molecular weight excluding hydrogens is 236 g/mol. The van der Waals surface area contributed by atoms with Gasteiger partial charge < -0.3 is 5.73 Å². The normalized spacial score (nSPS) is 15.2. The number of likely N-dealkylation sites (N-methyl/N-ethyl adjacent to an activating group) is 1. The summed E-state index contributed by atoms with van der Waals surface area (Å²) in [5.74, 6) is 0. The highest BCUT2D eigenvalue weighted by Gasteiger charge is 2.22. The van der Waals surface area contributed by atoms with E-state index < -0.39 is 10.0 Å². The van der Waals surface area contributed by atoms with Gasteiger partial charge in [0.2, 0.25) is 10.0 Å². The lowest BCUT2D eigenvalue weighted by molar-refractivity contribution is 0.476. The highest BCUT2D eigenvalue weighted by Crippen LogP contribution is 2.25. The maximum Gasteiger partial charge on any atom is 0.242 e. The summed E-state index contributed by atoms with van der Waals surface area (Å²) in [5, 5.41) is 0. The Balaban J connectivity index is 2.34. The third-order valence-corrected chi connectivity index (χ3v) is 5.07. The highest BCUT2D eigenvalue weighted by atomic mass is 32.2. The van der Waals surface area contributed by atoms with Crippen LogP contribution in [0.25, 0.3) is 0 Å². The molecule has 4 nitrogen and oxygen atoms in total. The molecule has 0 atom stereocenters. The van der Waals surface area contributed by atoms with Gasteiger partial charge in [-0.2, -0.15) is 4.31 Å². The first-order valence-corrected chi connectivity index (χ1v) is 7.28. The predicted molar refractivity (Wildman–Crippen MR) is 67.3 cm³/mol. The SMILES string of the molecule is CN(CCN)S(=O)(=O)c1ccc2c(c1)CCC2. The predicted octanol–water partition coefficient (Wildman–Crippen LogP) is 0.755. The average Bonchev–Trinajstić information content (AvgIpc) is 2.76. The number of fused-ring (bicyclic) bond motifs is 1. The van der Waals surface area contributed by atoms with Crippen molar-refractivity contribution in [1.82, 2.24) is 4.31 Å². The zero-order valence-electron chi connectivity index (χ0n) is 10.0. The van der Waals surface area contributed by atoms with Crippen molar-refractivity contribution in [1.29, 1.82) is 0 Å². The van der Waals surface area contributed by atoms with E-state index in [1.807, 2.05) is 12.1 Å². The molecule has 0 radical (unpaired) electrons. The smallest absolute Gasteiger partial charge is 0.242 e. The summed E-state index contributed by atoms with van der Waals surface area (Å²) in [5.41, 5.74) is 7.84. The van der Waals surface area contributed by atoms with E-state index in [9.17, 15) is 8.42 Å². The van der Waals surface area contributed by atoms with Crippen LogP contribution in [0.15, 0.2) is 23.1 Å². The Labute approximate surface area is 102 Å². The molecule has 0 aromatic heterocycles. The van der Waals surface area contributed by atoms with Gasteiger partial charge in [-0.05, 0) is 42.5 Å². The molecule has 5 heteroatoms. The van der Waals surface area contributed by atoms with E-state index in [-0.39, 0.29) is 0 Å². The lowest BCUT2D eigenvalue weighted by Crippen LogP contribution is -2.31. The minimum atomic E-state index is -3.37. The van der Waals surface area contributed by atoms with Crippen LogP contribution in [-0.4, -0.2) is 32.9 Å². The van der Waals surface area contributed by atoms with Crippen LogP contribution in [0.4, 0.5) is 0 Å². The van der Waals surface area contributed by atoms with Crippen molar-refractivity contribution in [3.8, 4) is 0 Å². The van der Waals surface area contributed by atoms with E-state index in [0.717, 1.165) is 19.3 Å². The van der Waals surface area contributed by atoms with Crippen LogP contribution < -0.4 is 5.73 Å². The second-order valence-electron chi connectivity index (χ2n) is 4.40. The first-order valence-electron chi connectivity index (χ1n) is 5.84. The van der Waals surface area contributed by atoms with E-state index in [4.69, 9.17) is 5.73 Å². The van der Waals surface area contributed by atoms with E-state index in [1.165, 1.54) is 15.4 Å². The maximum absolute atomic E-state index is 12.2. The van der Waals surface area contributed by atoms with Crippen LogP contribution in [0.3, 0.4) is 0 Å². The third-order valence-electron chi connectivity index (χ3n) is 3.22. The Morgan fingerprint density at radius 3 is 2.71 bits per heavy atom. The van der Waals surface area contributed by atoms with Crippen LogP contribution >= 0.6 is 0 Å². The van der Waals surface area contributed by atoms with Gasteiger partial charge in [-0.1, -0.05) is 6.07 Å². The molecule has 0 amide bonds. The molecule has 2 rings (SSSR count). The zero-order valence-corrected chi connectivity index (χ0v) is 10.8. The average molecular weight is 254 g/mol. The Morgan fingerprint density at radius 1 is 1.29 bits per heavy atom. The molecule has 94 valence electrons. The van der Waals surface area contributed by atoms with Gasteiger partial charge in [-0.3, -0.25) is 0 Å². The largest absolute Gasteiger partial charge is 0.329 e. The molecule has 2 N–H and O–H groups in total. The number of rotatable bonds is 4. The molecule has 0 unspecified atom stereocenters. The van der Waals surface area contributed by atoms with Crippen LogP contribution in [0.5, 0.6) is 0 Å². The maximum atomic E-state index is 12.2. The molecule has 1 aromatic carbocycles. The van der Waals surface area contributed by atoms with Gasteiger partial charge in [0.15, 0.2) is 0 Å². The molecule has 0 bridgehead atoms. The number of sulfonamides is 1. The summed E-state index contributed by atoms with van der Waals surface area (Å²) in [4.78, 5) is 0.383. The minimum Gasteiger partial charge on any atom is -0.329 e. The van der Waals surface area contributed by atoms with Gasteiger partial charge in [0.25, 0.3) is 0 Å². The lowest BCUT2D eigenvalue weighted by atomic mass is 10.1. The molecule has 0 fully saturated rings. The van der Waals surface area contributed by atoms with Gasteiger partial charge >= 0.3 is 0 Å². The Bertz CT molecular complexity index is 511. The second kappa shape index (κ2) is 4.76. The van der Waals surface area contributed by atoms with Crippen LogP contribution in [0.2, 0.25) is 0 Å². The van der Waals surface area contributed by atoms with Gasteiger partial charge in [0.1, 0.15) is 0 Å². The van der Waals surface area contributed by atoms with Crippen LogP contribution in [0.1, 0.15) is 17.5 Å². The second-order valence-corrected chi connectivity index (χ2v) is 6.44. The summed E-state index contributed by atoms with van der Waals surface area (Å²) in [6, 6.07) is 5.45. The molecule has 0 aliphatic heterocycles. The first-order chi connectivity index (χ1) is 8.05. The molecule has 0 spiro atoms. The van der Waals surface area contributed by atoms with Crippen molar-refractivity contribution in [2.24, 2.45) is 5.73 Å². The molecule has 17 heavy (non-hydrogen) atoms. The number of aryl methyl sites for hydroxylation is 2. The molecule has 1 aromatic rings. The number of benzene rings is 1. The van der Waals surface area contributed by atoms with Gasteiger partial charge in [0, 0.05) is 20.1 Å². The molecule has 0 saturated carbocycles. The van der Waals surface area contributed by atoms with E-state index in [1.54, 1.807) is 13.1 Å². The monoisotopic (exact) mass is 254 g/mol. The summed E-state index contributed by atoms with van der Waals surface area (Å²) >= 11 is 0. The Kier molecular flexibility index (Phi) is 3.51. The summed E-state index contributed by atoms with van der Waals surface area (Å²) in [7, 11) is -1.80. The summed E-state index contributed by atoms with van der Waals surface area (Å²) in [6.45, 7) is 0.681. The van der Waals surface area contributed by atoms with Crippen LogP contribution in [0, 0.1) is 0 Å². The van der Waals surface area contributed by atoms with Crippen molar-refractivity contribution >= 4 is 10.0 Å². The topological polar surface area (TPSA) is 63.4 Å². The Morgan fingerprint density at radius 2 is 2.00 bits per heavy atom. The zero-order chi connectivity index (χ0) is 12.5. The quantitative estimate of drug-likeness (QED) is 0.862. The Hall–Kier alpha value is -0.910. The van der Waals surface area contributed by atoms with Crippen molar-refractivity contribution in [3.63, 3.8) is 0 Å². The number of hydrogen-bond donors (Lipinski definition) is 1. The summed E-state index contributed by atoms with van der Waals surface area (Å²) in [6.07, 6.45) is 3.17. The van der Waals surface area contributed by atoms with Crippen molar-refractivity contribution in [2.75, 3.05) is 20.1 Å². The standard InChI is InChI=1S/C12H18N2O2S/c1-14(8-7-13)17(15,16)12-6-5-10-3-2-4-11(10)9-12/h5-6,9H,2-4,7-8,13H2,1H3. The highest BCUT2D eigenvalue weighted by molar-refractivity contribution is 7.89. The van der Waals surface area contributed by atoms with E-state index >= 15 is 0 Å². The molecular formula is C12H18N2O2S. The van der Waals surface area contributed by atoms with Crippen molar-refractivity contribution in [3.05, 3.63) is 29.3 Å². The fourth-order valence-corrected chi connectivity index (χ4v) is 3.43. The fourth-order valence-electron chi connectivity index (χ4n) is 2.19.